The summed E-state index contributed by atoms with van der Waals surface area (Å²) in [6.07, 6.45) is 7.26. The van der Waals surface area contributed by atoms with Gasteiger partial charge in [0.2, 0.25) is 0 Å². The predicted molar refractivity (Wildman–Crippen MR) is 71.4 cm³/mol. The van der Waals surface area contributed by atoms with Gasteiger partial charge in [0.15, 0.2) is 0 Å². The molecule has 0 aliphatic carbocycles. The number of nitrogens with two attached hydrogens (primary N) is 1. The van der Waals surface area contributed by atoms with Crippen molar-refractivity contribution in [1.82, 2.24) is 9.97 Å². The average molecular weight is 250 g/mol. The van der Waals surface area contributed by atoms with Crippen LogP contribution in [0.5, 0.6) is 0 Å². The van der Waals surface area contributed by atoms with Crippen LogP contribution in [0.4, 0.5) is 5.82 Å². The van der Waals surface area contributed by atoms with Crippen molar-refractivity contribution in [3.63, 3.8) is 0 Å². The Bertz CT molecular complexity index is 355. The first-order valence-electron chi connectivity index (χ1n) is 6.71. The number of anilines is 1. The van der Waals surface area contributed by atoms with Gasteiger partial charge in [-0.2, -0.15) is 0 Å². The summed E-state index contributed by atoms with van der Waals surface area (Å²) in [6, 6.07) is 0. The molecule has 0 aromatic carbocycles. The summed E-state index contributed by atoms with van der Waals surface area (Å²) in [5.74, 6) is 0.928. The Labute approximate surface area is 108 Å². The lowest BCUT2D eigenvalue weighted by Gasteiger charge is -2.33. The summed E-state index contributed by atoms with van der Waals surface area (Å²) in [7, 11) is 0. The SMILES string of the molecule is CCCOC1CCCN(c2cnc(CN)cn2)C1. The average Bonchev–Trinajstić information content (AvgIpc) is 2.45. The van der Waals surface area contributed by atoms with Gasteiger partial charge in [-0.05, 0) is 19.3 Å². The first-order valence-corrected chi connectivity index (χ1v) is 6.71. The minimum atomic E-state index is 0.328. The van der Waals surface area contributed by atoms with Gasteiger partial charge >= 0.3 is 0 Å². The molecular formula is C13H22N4O. The molecule has 5 heteroatoms. The third kappa shape index (κ3) is 3.40. The van der Waals surface area contributed by atoms with Gasteiger partial charge in [-0.25, -0.2) is 4.98 Å². The molecule has 2 heterocycles. The highest BCUT2D eigenvalue weighted by Gasteiger charge is 2.21. The van der Waals surface area contributed by atoms with Crippen LogP contribution in [0.25, 0.3) is 0 Å². The van der Waals surface area contributed by atoms with Crippen molar-refractivity contribution in [3.05, 3.63) is 18.1 Å². The molecular weight excluding hydrogens is 228 g/mol. The highest BCUT2D eigenvalue weighted by atomic mass is 16.5. The van der Waals surface area contributed by atoms with E-state index >= 15 is 0 Å². The summed E-state index contributed by atoms with van der Waals surface area (Å²) in [6.45, 7) is 5.36. The van der Waals surface area contributed by atoms with E-state index in [9.17, 15) is 0 Å². The third-order valence-electron chi connectivity index (χ3n) is 3.16. The number of ether oxygens (including phenoxy) is 1. The molecule has 1 aromatic heterocycles. The first kappa shape index (κ1) is 13.2. The number of piperidine rings is 1. The lowest BCUT2D eigenvalue weighted by molar-refractivity contribution is 0.0439. The van der Waals surface area contributed by atoms with Crippen molar-refractivity contribution in [3.8, 4) is 0 Å². The molecule has 1 aromatic rings. The zero-order valence-corrected chi connectivity index (χ0v) is 11.0. The zero-order chi connectivity index (χ0) is 12.8. The molecule has 0 bridgehead atoms. The summed E-state index contributed by atoms with van der Waals surface area (Å²) in [5, 5.41) is 0. The Morgan fingerprint density at radius 2 is 2.33 bits per heavy atom. The van der Waals surface area contributed by atoms with E-state index in [1.165, 1.54) is 0 Å². The fraction of sp³-hybridized carbons (Fsp3) is 0.692. The fourth-order valence-corrected chi connectivity index (χ4v) is 2.18. The van der Waals surface area contributed by atoms with Crippen molar-refractivity contribution >= 4 is 5.82 Å². The molecule has 2 rings (SSSR count). The maximum absolute atomic E-state index is 5.82. The molecule has 0 radical (unpaired) electrons. The molecule has 0 saturated carbocycles. The molecule has 0 amide bonds. The normalized spacial score (nSPS) is 20.1. The number of hydrogen-bond donors (Lipinski definition) is 1. The van der Waals surface area contributed by atoms with Crippen LogP contribution < -0.4 is 10.6 Å². The minimum Gasteiger partial charge on any atom is -0.376 e. The Balaban J connectivity index is 1.94. The van der Waals surface area contributed by atoms with Crippen molar-refractivity contribution in [2.24, 2.45) is 5.73 Å². The monoisotopic (exact) mass is 250 g/mol. The lowest BCUT2D eigenvalue weighted by atomic mass is 10.1. The van der Waals surface area contributed by atoms with E-state index in [0.717, 1.165) is 50.5 Å². The van der Waals surface area contributed by atoms with Gasteiger partial charge < -0.3 is 15.4 Å². The Morgan fingerprint density at radius 1 is 1.44 bits per heavy atom. The van der Waals surface area contributed by atoms with E-state index in [4.69, 9.17) is 10.5 Å². The highest BCUT2D eigenvalue weighted by Crippen LogP contribution is 2.18. The van der Waals surface area contributed by atoms with Crippen molar-refractivity contribution in [2.45, 2.75) is 38.8 Å². The number of hydrogen-bond acceptors (Lipinski definition) is 5. The largest absolute Gasteiger partial charge is 0.376 e. The van der Waals surface area contributed by atoms with Crippen molar-refractivity contribution in [1.29, 1.82) is 0 Å². The van der Waals surface area contributed by atoms with Crippen LogP contribution in [0.1, 0.15) is 31.9 Å². The molecule has 100 valence electrons. The van der Waals surface area contributed by atoms with E-state index in [0.29, 0.717) is 12.6 Å². The fourth-order valence-electron chi connectivity index (χ4n) is 2.18. The Morgan fingerprint density at radius 3 is 3.00 bits per heavy atom. The van der Waals surface area contributed by atoms with Crippen molar-refractivity contribution in [2.75, 3.05) is 24.6 Å². The third-order valence-corrected chi connectivity index (χ3v) is 3.16. The Kier molecular flexibility index (Phi) is 4.90. The number of aromatic nitrogens is 2. The molecule has 2 N–H and O–H groups in total. The predicted octanol–water partition coefficient (Wildman–Crippen LogP) is 1.33. The Hall–Kier alpha value is -1.20. The molecule has 0 spiro atoms. The van der Waals surface area contributed by atoms with Crippen LogP contribution >= 0.6 is 0 Å². The highest BCUT2D eigenvalue weighted by molar-refractivity contribution is 5.36. The summed E-state index contributed by atoms with van der Waals surface area (Å²) in [5.41, 5.74) is 6.35. The first-order chi connectivity index (χ1) is 8.83. The van der Waals surface area contributed by atoms with Gasteiger partial charge in [-0.3, -0.25) is 4.98 Å². The molecule has 5 nitrogen and oxygen atoms in total. The molecule has 1 unspecified atom stereocenters. The van der Waals surface area contributed by atoms with Crippen LogP contribution in [0.2, 0.25) is 0 Å². The van der Waals surface area contributed by atoms with Gasteiger partial charge in [0.05, 0.1) is 24.2 Å². The van der Waals surface area contributed by atoms with Crippen molar-refractivity contribution < 1.29 is 4.74 Å². The molecule has 1 aliphatic heterocycles. The van der Waals surface area contributed by atoms with Crippen LogP contribution in [-0.4, -0.2) is 35.8 Å². The summed E-state index contributed by atoms with van der Waals surface area (Å²) >= 11 is 0. The number of nitrogens with zero attached hydrogens (tertiary/aromatic N) is 3. The van der Waals surface area contributed by atoms with E-state index in [-0.39, 0.29) is 0 Å². The smallest absolute Gasteiger partial charge is 0.147 e. The topological polar surface area (TPSA) is 64.3 Å². The molecule has 1 aliphatic rings. The van der Waals surface area contributed by atoms with E-state index in [1.807, 2.05) is 6.20 Å². The lowest BCUT2D eigenvalue weighted by Crippen LogP contribution is -2.40. The molecule has 1 atom stereocenters. The van der Waals surface area contributed by atoms with Crippen LogP contribution in [-0.2, 0) is 11.3 Å². The van der Waals surface area contributed by atoms with E-state index in [2.05, 4.69) is 21.8 Å². The van der Waals surface area contributed by atoms with Gasteiger partial charge in [0.25, 0.3) is 0 Å². The molecule has 18 heavy (non-hydrogen) atoms. The quantitative estimate of drug-likeness (QED) is 0.854. The standard InChI is InChI=1S/C13H22N4O/c1-2-6-18-12-4-3-5-17(10-12)13-9-15-11(7-14)8-16-13/h8-9,12H,2-7,10,14H2,1H3. The van der Waals surface area contributed by atoms with Crippen LogP contribution in [0.3, 0.4) is 0 Å². The minimum absolute atomic E-state index is 0.328. The van der Waals surface area contributed by atoms with Gasteiger partial charge in [0.1, 0.15) is 5.82 Å². The molecule has 1 saturated heterocycles. The summed E-state index contributed by atoms with van der Waals surface area (Å²) in [4.78, 5) is 11.0. The number of rotatable bonds is 5. The zero-order valence-electron chi connectivity index (χ0n) is 11.0. The second-order valence-corrected chi connectivity index (χ2v) is 4.65. The van der Waals surface area contributed by atoms with E-state index < -0.39 is 0 Å². The van der Waals surface area contributed by atoms with Gasteiger partial charge in [-0.1, -0.05) is 6.92 Å². The molecule has 1 fully saturated rings. The second-order valence-electron chi connectivity index (χ2n) is 4.65. The van der Waals surface area contributed by atoms with Crippen LogP contribution in [0, 0.1) is 0 Å². The van der Waals surface area contributed by atoms with Gasteiger partial charge in [-0.15, -0.1) is 0 Å². The maximum Gasteiger partial charge on any atom is 0.147 e. The van der Waals surface area contributed by atoms with Crippen LogP contribution in [0.15, 0.2) is 12.4 Å². The van der Waals surface area contributed by atoms with Gasteiger partial charge in [0, 0.05) is 26.2 Å². The van der Waals surface area contributed by atoms with E-state index in [1.54, 1.807) is 6.20 Å². The summed E-state index contributed by atoms with van der Waals surface area (Å²) < 4.78 is 5.82. The second kappa shape index (κ2) is 6.66. The maximum atomic E-state index is 5.82.